The molecule has 2 aromatic rings. The number of hydrogen-bond acceptors (Lipinski definition) is 5. The Labute approximate surface area is 95.6 Å². The number of rotatable bonds is 2. The molecule has 0 radical (unpaired) electrons. The largest absolute Gasteiger partial charge is 0.490 e. The highest BCUT2D eigenvalue weighted by molar-refractivity contribution is 5.92. The first-order valence-corrected chi connectivity index (χ1v) is 4.80. The van der Waals surface area contributed by atoms with Crippen LogP contribution in [0.25, 0.3) is 11.0 Å². The minimum absolute atomic E-state index is 0.138. The Bertz CT molecular complexity index is 659. The Morgan fingerprint density at radius 3 is 2.71 bits per heavy atom. The molecule has 0 amide bonds. The van der Waals surface area contributed by atoms with Gasteiger partial charge in [0.15, 0.2) is 5.75 Å². The van der Waals surface area contributed by atoms with Gasteiger partial charge in [0.05, 0.1) is 12.0 Å². The lowest BCUT2D eigenvalue weighted by Gasteiger charge is -2.05. The maximum atomic E-state index is 11.2. The van der Waals surface area contributed by atoms with Gasteiger partial charge in [0.1, 0.15) is 11.0 Å². The third kappa shape index (κ3) is 1.73. The van der Waals surface area contributed by atoms with Gasteiger partial charge in [-0.3, -0.25) is 10.1 Å². The molecule has 0 aliphatic heterocycles. The molecule has 0 bridgehead atoms. The van der Waals surface area contributed by atoms with Crippen molar-refractivity contribution in [2.75, 3.05) is 7.11 Å². The van der Waals surface area contributed by atoms with Crippen LogP contribution in [0, 0.1) is 17.0 Å². The number of benzene rings is 1. The number of hydrogen-bond donors (Lipinski definition) is 0. The Kier molecular flexibility index (Phi) is 2.55. The van der Waals surface area contributed by atoms with Crippen LogP contribution in [0.15, 0.2) is 27.4 Å². The fourth-order valence-electron chi connectivity index (χ4n) is 1.75. The number of ether oxygens (including phenoxy) is 1. The molecule has 0 saturated carbocycles. The summed E-state index contributed by atoms with van der Waals surface area (Å²) >= 11 is 0. The smallest absolute Gasteiger partial charge is 0.336 e. The second-order valence-corrected chi connectivity index (χ2v) is 3.50. The van der Waals surface area contributed by atoms with Gasteiger partial charge in [-0.2, -0.15) is 0 Å². The summed E-state index contributed by atoms with van der Waals surface area (Å²) in [5, 5.41) is 11.3. The van der Waals surface area contributed by atoms with E-state index < -0.39 is 10.5 Å². The van der Waals surface area contributed by atoms with Crippen LogP contribution in [0.1, 0.15) is 5.56 Å². The minimum atomic E-state index is -0.547. The molecule has 0 unspecified atom stereocenters. The lowest BCUT2D eigenvalue weighted by Crippen LogP contribution is -2.01. The Morgan fingerprint density at radius 2 is 2.12 bits per heavy atom. The van der Waals surface area contributed by atoms with E-state index in [0.717, 1.165) is 0 Å². The molecule has 1 heterocycles. The molecule has 0 N–H and O–H groups in total. The standard InChI is InChI=1S/C11H9NO5/c1-6-5-9(13)17-7-3-4-8(16-2)11(10(6)7)12(14)15/h3-5H,1-2H3. The van der Waals surface area contributed by atoms with E-state index in [9.17, 15) is 14.9 Å². The lowest BCUT2D eigenvalue weighted by molar-refractivity contribution is -0.384. The summed E-state index contributed by atoms with van der Waals surface area (Å²) in [6.45, 7) is 1.62. The number of methoxy groups -OCH3 is 1. The van der Waals surface area contributed by atoms with Gasteiger partial charge in [0.2, 0.25) is 0 Å². The zero-order valence-corrected chi connectivity index (χ0v) is 9.22. The number of nitrogens with zero attached hydrogens (tertiary/aromatic N) is 1. The first-order chi connectivity index (χ1) is 8.04. The number of aryl methyl sites for hydroxylation is 1. The van der Waals surface area contributed by atoms with Crippen molar-refractivity contribution >= 4 is 16.7 Å². The number of fused-ring (bicyclic) bond motifs is 1. The fourth-order valence-corrected chi connectivity index (χ4v) is 1.75. The van der Waals surface area contributed by atoms with Crippen LogP contribution in [0.3, 0.4) is 0 Å². The predicted octanol–water partition coefficient (Wildman–Crippen LogP) is 2.02. The van der Waals surface area contributed by atoms with Gasteiger partial charge in [0.25, 0.3) is 0 Å². The maximum Gasteiger partial charge on any atom is 0.336 e. The van der Waals surface area contributed by atoms with Gasteiger partial charge in [-0.1, -0.05) is 0 Å². The highest BCUT2D eigenvalue weighted by atomic mass is 16.6. The summed E-state index contributed by atoms with van der Waals surface area (Å²) in [7, 11) is 1.35. The van der Waals surface area contributed by atoms with Gasteiger partial charge < -0.3 is 9.15 Å². The Balaban J connectivity index is 2.99. The van der Waals surface area contributed by atoms with E-state index in [4.69, 9.17) is 9.15 Å². The molecule has 0 saturated heterocycles. The number of nitro benzene ring substituents is 1. The molecule has 0 fully saturated rings. The van der Waals surface area contributed by atoms with Crippen molar-refractivity contribution in [3.05, 3.63) is 44.3 Å². The summed E-state index contributed by atoms with van der Waals surface area (Å²) in [6, 6.07) is 4.10. The van der Waals surface area contributed by atoms with Gasteiger partial charge in [-0.25, -0.2) is 4.79 Å². The maximum absolute atomic E-state index is 11.2. The highest BCUT2D eigenvalue weighted by Gasteiger charge is 2.22. The average molecular weight is 235 g/mol. The van der Waals surface area contributed by atoms with E-state index >= 15 is 0 Å². The van der Waals surface area contributed by atoms with Crippen LogP contribution in [-0.4, -0.2) is 12.0 Å². The van der Waals surface area contributed by atoms with E-state index in [1.54, 1.807) is 6.92 Å². The zero-order valence-electron chi connectivity index (χ0n) is 9.22. The SMILES string of the molecule is COc1ccc2oc(=O)cc(C)c2c1[N+](=O)[O-]. The normalized spacial score (nSPS) is 10.5. The van der Waals surface area contributed by atoms with Crippen molar-refractivity contribution in [2.24, 2.45) is 0 Å². The summed E-state index contributed by atoms with van der Waals surface area (Å²) in [5.41, 5.74) is -0.0509. The lowest BCUT2D eigenvalue weighted by atomic mass is 10.1. The van der Waals surface area contributed by atoms with Crippen LogP contribution < -0.4 is 10.4 Å². The van der Waals surface area contributed by atoms with E-state index in [2.05, 4.69) is 0 Å². The quantitative estimate of drug-likeness (QED) is 0.451. The van der Waals surface area contributed by atoms with Crippen LogP contribution in [0.5, 0.6) is 5.75 Å². The number of nitro groups is 1. The molecule has 0 aliphatic carbocycles. The molecular formula is C11H9NO5. The molecule has 0 aliphatic rings. The molecule has 0 atom stereocenters. The molecule has 1 aromatic carbocycles. The van der Waals surface area contributed by atoms with Crippen LogP contribution in [0.2, 0.25) is 0 Å². The topological polar surface area (TPSA) is 82.6 Å². The Hall–Kier alpha value is -2.37. The van der Waals surface area contributed by atoms with E-state index in [1.807, 2.05) is 0 Å². The molecule has 2 rings (SSSR count). The van der Waals surface area contributed by atoms with Crippen molar-refractivity contribution in [3.63, 3.8) is 0 Å². The molecule has 0 spiro atoms. The summed E-state index contributed by atoms with van der Waals surface area (Å²) in [6.07, 6.45) is 0. The van der Waals surface area contributed by atoms with Crippen LogP contribution in [0.4, 0.5) is 5.69 Å². The summed E-state index contributed by atoms with van der Waals surface area (Å²) < 4.78 is 9.86. The molecule has 6 heteroatoms. The first-order valence-electron chi connectivity index (χ1n) is 4.80. The third-order valence-corrected chi connectivity index (χ3v) is 2.44. The van der Waals surface area contributed by atoms with Gasteiger partial charge in [0, 0.05) is 6.07 Å². The minimum Gasteiger partial charge on any atom is -0.490 e. The second-order valence-electron chi connectivity index (χ2n) is 3.50. The average Bonchev–Trinajstić information content (AvgIpc) is 2.27. The third-order valence-electron chi connectivity index (χ3n) is 2.44. The summed E-state index contributed by atoms with van der Waals surface area (Å²) in [5.74, 6) is 0.138. The second kappa shape index (κ2) is 3.89. The fraction of sp³-hybridized carbons (Fsp3) is 0.182. The van der Waals surface area contributed by atoms with E-state index in [-0.39, 0.29) is 22.4 Å². The van der Waals surface area contributed by atoms with Crippen molar-refractivity contribution in [3.8, 4) is 5.75 Å². The van der Waals surface area contributed by atoms with Gasteiger partial charge in [-0.05, 0) is 24.6 Å². The van der Waals surface area contributed by atoms with E-state index in [1.165, 1.54) is 25.3 Å². The van der Waals surface area contributed by atoms with Gasteiger partial charge >= 0.3 is 11.3 Å². The predicted molar refractivity (Wildman–Crippen MR) is 60.4 cm³/mol. The van der Waals surface area contributed by atoms with Crippen molar-refractivity contribution in [2.45, 2.75) is 6.92 Å². The van der Waals surface area contributed by atoms with E-state index in [0.29, 0.717) is 5.56 Å². The van der Waals surface area contributed by atoms with Crippen molar-refractivity contribution < 1.29 is 14.1 Å². The summed E-state index contributed by atoms with van der Waals surface area (Å²) in [4.78, 5) is 21.7. The zero-order chi connectivity index (χ0) is 12.6. The van der Waals surface area contributed by atoms with Crippen molar-refractivity contribution in [1.29, 1.82) is 0 Å². The molecule has 1 aromatic heterocycles. The molecule has 6 nitrogen and oxygen atoms in total. The molecular weight excluding hydrogens is 226 g/mol. The van der Waals surface area contributed by atoms with Gasteiger partial charge in [-0.15, -0.1) is 0 Å². The first kappa shape index (κ1) is 11.1. The van der Waals surface area contributed by atoms with Crippen LogP contribution >= 0.6 is 0 Å². The van der Waals surface area contributed by atoms with Crippen LogP contribution in [-0.2, 0) is 0 Å². The Morgan fingerprint density at radius 1 is 1.41 bits per heavy atom. The molecule has 88 valence electrons. The molecule has 17 heavy (non-hydrogen) atoms. The van der Waals surface area contributed by atoms with Crippen molar-refractivity contribution in [1.82, 2.24) is 0 Å². The highest BCUT2D eigenvalue weighted by Crippen LogP contribution is 2.36. The monoisotopic (exact) mass is 235 g/mol.